The van der Waals surface area contributed by atoms with Crippen LogP contribution in [-0.2, 0) is 0 Å². The minimum atomic E-state index is -0.0935. The summed E-state index contributed by atoms with van der Waals surface area (Å²) in [7, 11) is 0. The fourth-order valence-corrected chi connectivity index (χ4v) is 3.18. The molecule has 1 aromatic carbocycles. The number of rotatable bonds is 4. The van der Waals surface area contributed by atoms with E-state index in [1.165, 1.54) is 11.0 Å². The molecule has 1 aliphatic heterocycles. The van der Waals surface area contributed by atoms with Crippen LogP contribution in [0.5, 0.6) is 0 Å². The van der Waals surface area contributed by atoms with Crippen molar-refractivity contribution in [1.29, 1.82) is 0 Å². The highest BCUT2D eigenvalue weighted by atomic mass is 16.4. The third kappa shape index (κ3) is 3.60. The highest BCUT2D eigenvalue weighted by molar-refractivity contribution is 5.92. The van der Waals surface area contributed by atoms with Crippen molar-refractivity contribution in [3.63, 3.8) is 0 Å². The third-order valence-corrected chi connectivity index (χ3v) is 4.78. The molecule has 1 aliphatic rings. The predicted octanol–water partition coefficient (Wildman–Crippen LogP) is 2.79. The van der Waals surface area contributed by atoms with E-state index in [2.05, 4.69) is 20.4 Å². The van der Waals surface area contributed by atoms with Gasteiger partial charge in [-0.3, -0.25) is 4.79 Å². The van der Waals surface area contributed by atoms with Crippen LogP contribution in [0.15, 0.2) is 40.9 Å². The van der Waals surface area contributed by atoms with E-state index in [1.807, 2.05) is 49.1 Å². The molecule has 0 radical (unpaired) electrons. The van der Waals surface area contributed by atoms with Crippen LogP contribution in [0.3, 0.4) is 0 Å². The lowest BCUT2D eigenvalue weighted by Crippen LogP contribution is -2.38. The minimum Gasteiger partial charge on any atom is -0.425 e. The van der Waals surface area contributed by atoms with E-state index in [0.29, 0.717) is 30.6 Å². The molecular formula is C19H22N6O2. The zero-order valence-corrected chi connectivity index (χ0v) is 15.4. The van der Waals surface area contributed by atoms with Gasteiger partial charge in [0, 0.05) is 24.9 Å². The first-order valence-electron chi connectivity index (χ1n) is 9.22. The monoisotopic (exact) mass is 366 g/mol. The summed E-state index contributed by atoms with van der Waals surface area (Å²) in [5, 5.41) is 16.8. The number of nitrogens with zero attached hydrogens (tertiary/aromatic N) is 6. The first-order chi connectivity index (χ1) is 13.1. The van der Waals surface area contributed by atoms with Crippen LogP contribution in [0.4, 0.5) is 0 Å². The quantitative estimate of drug-likeness (QED) is 0.705. The van der Waals surface area contributed by atoms with Crippen molar-refractivity contribution in [3.8, 4) is 5.69 Å². The Morgan fingerprint density at radius 1 is 1.15 bits per heavy atom. The Labute approximate surface area is 157 Å². The van der Waals surface area contributed by atoms with Gasteiger partial charge in [0.2, 0.25) is 11.8 Å². The fourth-order valence-electron chi connectivity index (χ4n) is 3.18. The van der Waals surface area contributed by atoms with E-state index in [9.17, 15) is 4.79 Å². The van der Waals surface area contributed by atoms with Crippen LogP contribution in [0, 0.1) is 0 Å². The molecule has 1 fully saturated rings. The van der Waals surface area contributed by atoms with Gasteiger partial charge in [0.25, 0.3) is 5.91 Å². The number of benzene rings is 1. The summed E-state index contributed by atoms with van der Waals surface area (Å²) in [5.41, 5.74) is 1.18. The molecular weight excluding hydrogens is 344 g/mol. The number of amides is 1. The average molecular weight is 366 g/mol. The van der Waals surface area contributed by atoms with Gasteiger partial charge in [-0.2, -0.15) is 9.90 Å². The number of aromatic nitrogens is 5. The molecule has 4 rings (SSSR count). The maximum Gasteiger partial charge on any atom is 0.276 e. The Kier molecular flexibility index (Phi) is 4.70. The molecule has 140 valence electrons. The molecule has 27 heavy (non-hydrogen) atoms. The van der Waals surface area contributed by atoms with Gasteiger partial charge >= 0.3 is 0 Å². The van der Waals surface area contributed by atoms with Crippen LogP contribution >= 0.6 is 0 Å². The van der Waals surface area contributed by atoms with Crippen molar-refractivity contribution in [2.45, 2.75) is 38.5 Å². The lowest BCUT2D eigenvalue weighted by atomic mass is 9.96. The van der Waals surface area contributed by atoms with Crippen molar-refractivity contribution >= 4 is 5.91 Å². The second-order valence-electron chi connectivity index (χ2n) is 7.05. The number of para-hydroxylation sites is 1. The standard InChI is InChI=1S/C19H22N6O2/c1-13(2)17-21-22-18(27-17)14-8-10-24(11-9-14)19(26)16-12-20-25(23-16)15-6-4-3-5-7-15/h3-7,12-14H,8-11H2,1-2H3. The molecule has 0 N–H and O–H groups in total. The summed E-state index contributed by atoms with van der Waals surface area (Å²) in [4.78, 5) is 16.0. The summed E-state index contributed by atoms with van der Waals surface area (Å²) >= 11 is 0. The average Bonchev–Trinajstić information content (AvgIpc) is 3.38. The molecule has 8 nitrogen and oxygen atoms in total. The molecule has 2 aromatic heterocycles. The van der Waals surface area contributed by atoms with Gasteiger partial charge in [-0.15, -0.1) is 15.3 Å². The summed E-state index contributed by atoms with van der Waals surface area (Å²) in [5.74, 6) is 1.68. The Bertz CT molecular complexity index is 909. The van der Waals surface area contributed by atoms with Crippen molar-refractivity contribution in [2.75, 3.05) is 13.1 Å². The van der Waals surface area contributed by atoms with Gasteiger partial charge in [-0.05, 0) is 25.0 Å². The Morgan fingerprint density at radius 2 is 1.89 bits per heavy atom. The predicted molar refractivity (Wildman–Crippen MR) is 97.6 cm³/mol. The van der Waals surface area contributed by atoms with E-state index < -0.39 is 0 Å². The Morgan fingerprint density at radius 3 is 2.56 bits per heavy atom. The fraction of sp³-hybridized carbons (Fsp3) is 0.421. The summed E-state index contributed by atoms with van der Waals surface area (Å²) in [6.45, 7) is 5.34. The summed E-state index contributed by atoms with van der Waals surface area (Å²) < 4.78 is 5.77. The van der Waals surface area contributed by atoms with Crippen LogP contribution < -0.4 is 0 Å². The largest absolute Gasteiger partial charge is 0.425 e. The zero-order valence-electron chi connectivity index (χ0n) is 15.4. The zero-order chi connectivity index (χ0) is 18.8. The Balaban J connectivity index is 1.39. The van der Waals surface area contributed by atoms with E-state index in [1.54, 1.807) is 0 Å². The summed E-state index contributed by atoms with van der Waals surface area (Å²) in [6, 6.07) is 9.54. The second kappa shape index (κ2) is 7.30. The van der Waals surface area contributed by atoms with Gasteiger partial charge in [0.15, 0.2) is 5.69 Å². The molecule has 3 heterocycles. The first kappa shape index (κ1) is 17.4. The van der Waals surface area contributed by atoms with Crippen molar-refractivity contribution in [3.05, 3.63) is 54.0 Å². The maximum absolute atomic E-state index is 12.7. The molecule has 0 spiro atoms. The number of likely N-dealkylation sites (tertiary alicyclic amines) is 1. The molecule has 1 amide bonds. The SMILES string of the molecule is CC(C)c1nnc(C2CCN(C(=O)c3cnn(-c4ccccc4)n3)CC2)o1. The van der Waals surface area contributed by atoms with Gasteiger partial charge in [0.05, 0.1) is 11.9 Å². The lowest BCUT2D eigenvalue weighted by Gasteiger charge is -2.29. The summed E-state index contributed by atoms with van der Waals surface area (Å²) in [6.07, 6.45) is 3.13. The van der Waals surface area contributed by atoms with Crippen LogP contribution in [0.1, 0.15) is 60.8 Å². The van der Waals surface area contributed by atoms with Crippen LogP contribution in [0.2, 0.25) is 0 Å². The smallest absolute Gasteiger partial charge is 0.276 e. The van der Waals surface area contributed by atoms with Gasteiger partial charge in [0.1, 0.15) is 0 Å². The van der Waals surface area contributed by atoms with Crippen molar-refractivity contribution in [2.24, 2.45) is 0 Å². The Hall–Kier alpha value is -3.03. The van der Waals surface area contributed by atoms with Crippen molar-refractivity contribution in [1.82, 2.24) is 30.1 Å². The number of carbonyl (C=O) groups is 1. The van der Waals surface area contributed by atoms with E-state index >= 15 is 0 Å². The molecule has 1 saturated heterocycles. The number of piperidine rings is 1. The normalized spacial score (nSPS) is 15.4. The topological polar surface area (TPSA) is 89.9 Å². The maximum atomic E-state index is 12.7. The van der Waals surface area contributed by atoms with Crippen LogP contribution in [0.25, 0.3) is 5.69 Å². The van der Waals surface area contributed by atoms with Gasteiger partial charge < -0.3 is 9.32 Å². The van der Waals surface area contributed by atoms with E-state index in [0.717, 1.165) is 18.5 Å². The second-order valence-corrected chi connectivity index (χ2v) is 7.05. The van der Waals surface area contributed by atoms with Crippen molar-refractivity contribution < 1.29 is 9.21 Å². The number of hydrogen-bond acceptors (Lipinski definition) is 6. The lowest BCUT2D eigenvalue weighted by molar-refractivity contribution is 0.0699. The molecule has 8 heteroatoms. The first-order valence-corrected chi connectivity index (χ1v) is 9.22. The third-order valence-electron chi connectivity index (χ3n) is 4.78. The number of carbonyl (C=O) groups excluding carboxylic acids is 1. The molecule has 0 unspecified atom stereocenters. The van der Waals surface area contributed by atoms with Crippen LogP contribution in [-0.4, -0.2) is 49.1 Å². The molecule has 0 aliphatic carbocycles. The minimum absolute atomic E-state index is 0.0935. The highest BCUT2D eigenvalue weighted by Crippen LogP contribution is 2.28. The molecule has 0 saturated carbocycles. The number of hydrogen-bond donors (Lipinski definition) is 0. The highest BCUT2D eigenvalue weighted by Gasteiger charge is 2.29. The van der Waals surface area contributed by atoms with E-state index in [-0.39, 0.29) is 17.7 Å². The van der Waals surface area contributed by atoms with Gasteiger partial charge in [-0.1, -0.05) is 32.0 Å². The van der Waals surface area contributed by atoms with E-state index in [4.69, 9.17) is 4.42 Å². The molecule has 0 bridgehead atoms. The molecule has 0 atom stereocenters. The van der Waals surface area contributed by atoms with Gasteiger partial charge in [-0.25, -0.2) is 0 Å². The molecule has 3 aromatic rings.